The maximum absolute atomic E-state index is 11.8. The molecule has 7 heteroatoms. The molecule has 0 heterocycles. The lowest BCUT2D eigenvalue weighted by Gasteiger charge is -2.14. The largest absolute Gasteiger partial charge is 0.495 e. The summed E-state index contributed by atoms with van der Waals surface area (Å²) in [6, 6.07) is 4.33. The monoisotopic (exact) mass is 314 g/mol. The van der Waals surface area contributed by atoms with Crippen molar-refractivity contribution < 1.29 is 19.4 Å². The Labute approximate surface area is 128 Å². The second-order valence-electron chi connectivity index (χ2n) is 4.50. The first kappa shape index (κ1) is 17.1. The molecule has 0 aliphatic heterocycles. The second kappa shape index (κ2) is 8.36. The lowest BCUT2D eigenvalue weighted by molar-refractivity contribution is -0.141. The van der Waals surface area contributed by atoms with Gasteiger partial charge in [-0.05, 0) is 24.6 Å². The summed E-state index contributed by atoms with van der Waals surface area (Å²) in [6.07, 6.45) is 1.25. The van der Waals surface area contributed by atoms with Gasteiger partial charge in [-0.15, -0.1) is 0 Å². The van der Waals surface area contributed by atoms with Gasteiger partial charge in [0.15, 0.2) is 0 Å². The van der Waals surface area contributed by atoms with Gasteiger partial charge in [0.25, 0.3) is 0 Å². The maximum Gasteiger partial charge on any atom is 0.319 e. The van der Waals surface area contributed by atoms with Crippen LogP contribution in [0.2, 0.25) is 5.02 Å². The lowest BCUT2D eigenvalue weighted by Crippen LogP contribution is -2.35. The van der Waals surface area contributed by atoms with E-state index in [0.29, 0.717) is 22.9 Å². The molecule has 0 radical (unpaired) electrons. The van der Waals surface area contributed by atoms with Crippen LogP contribution in [0.15, 0.2) is 18.2 Å². The third-order valence-electron chi connectivity index (χ3n) is 2.91. The quantitative estimate of drug-likeness (QED) is 0.722. The number of hydrogen-bond acceptors (Lipinski definition) is 3. The normalized spacial score (nSPS) is 11.6. The molecule has 0 aliphatic rings. The number of rotatable bonds is 7. The van der Waals surface area contributed by atoms with E-state index in [1.165, 1.54) is 7.11 Å². The Balaban J connectivity index is 2.61. The summed E-state index contributed by atoms with van der Waals surface area (Å²) in [4.78, 5) is 22.8. The van der Waals surface area contributed by atoms with Crippen molar-refractivity contribution in [3.8, 4) is 5.75 Å². The van der Waals surface area contributed by atoms with Gasteiger partial charge in [-0.25, -0.2) is 4.79 Å². The number of ether oxygens (including phenoxy) is 1. The topological polar surface area (TPSA) is 87.7 Å². The van der Waals surface area contributed by atoms with Gasteiger partial charge in [0.1, 0.15) is 5.75 Å². The number of amides is 2. The van der Waals surface area contributed by atoms with Gasteiger partial charge in [-0.3, -0.25) is 4.79 Å². The van der Waals surface area contributed by atoms with Crippen molar-refractivity contribution in [3.63, 3.8) is 0 Å². The number of urea groups is 1. The van der Waals surface area contributed by atoms with E-state index in [1.807, 2.05) is 6.92 Å². The van der Waals surface area contributed by atoms with Crippen LogP contribution in [0.1, 0.15) is 19.8 Å². The first-order valence-corrected chi connectivity index (χ1v) is 6.97. The van der Waals surface area contributed by atoms with Crippen LogP contribution >= 0.6 is 11.6 Å². The van der Waals surface area contributed by atoms with E-state index in [0.717, 1.165) is 6.42 Å². The summed E-state index contributed by atoms with van der Waals surface area (Å²) in [7, 11) is 1.48. The number of anilines is 1. The molecule has 1 unspecified atom stereocenters. The maximum atomic E-state index is 11.8. The van der Waals surface area contributed by atoms with Crippen molar-refractivity contribution in [1.82, 2.24) is 5.32 Å². The van der Waals surface area contributed by atoms with Gasteiger partial charge < -0.3 is 20.5 Å². The van der Waals surface area contributed by atoms with Crippen molar-refractivity contribution in [3.05, 3.63) is 23.2 Å². The molecule has 0 saturated heterocycles. The van der Waals surface area contributed by atoms with Gasteiger partial charge in [0, 0.05) is 11.6 Å². The molecule has 0 spiro atoms. The summed E-state index contributed by atoms with van der Waals surface area (Å²) in [5, 5.41) is 14.6. The SMILES string of the molecule is CCCC(CNC(=O)Nc1cc(Cl)ccc1OC)C(=O)O. The number of carbonyl (C=O) groups is 2. The molecule has 21 heavy (non-hydrogen) atoms. The van der Waals surface area contributed by atoms with Gasteiger partial charge >= 0.3 is 12.0 Å². The molecule has 0 aromatic heterocycles. The average Bonchev–Trinajstić information content (AvgIpc) is 2.43. The van der Waals surface area contributed by atoms with E-state index in [4.69, 9.17) is 21.4 Å². The van der Waals surface area contributed by atoms with Crippen LogP contribution in [-0.4, -0.2) is 30.8 Å². The van der Waals surface area contributed by atoms with E-state index < -0.39 is 17.9 Å². The van der Waals surface area contributed by atoms with E-state index >= 15 is 0 Å². The average molecular weight is 315 g/mol. The third kappa shape index (κ3) is 5.51. The highest BCUT2D eigenvalue weighted by Gasteiger charge is 2.17. The number of carboxylic acids is 1. The highest BCUT2D eigenvalue weighted by Crippen LogP contribution is 2.27. The summed E-state index contributed by atoms with van der Waals surface area (Å²) < 4.78 is 5.11. The van der Waals surface area contributed by atoms with Crippen LogP contribution < -0.4 is 15.4 Å². The molecule has 0 aliphatic carbocycles. The van der Waals surface area contributed by atoms with Crippen molar-refractivity contribution in [2.75, 3.05) is 19.0 Å². The molecule has 0 bridgehead atoms. The Morgan fingerprint density at radius 1 is 1.43 bits per heavy atom. The molecule has 1 aromatic rings. The Bertz CT molecular complexity index is 508. The number of carboxylic acid groups (broad SMARTS) is 1. The number of hydrogen-bond donors (Lipinski definition) is 3. The first-order chi connectivity index (χ1) is 9.97. The number of halogens is 1. The molecule has 3 N–H and O–H groups in total. The summed E-state index contributed by atoms with van der Waals surface area (Å²) in [5.74, 6) is -1.04. The summed E-state index contributed by atoms with van der Waals surface area (Å²) in [5.41, 5.74) is 0.421. The zero-order valence-corrected chi connectivity index (χ0v) is 12.7. The smallest absolute Gasteiger partial charge is 0.319 e. The fraction of sp³-hybridized carbons (Fsp3) is 0.429. The minimum atomic E-state index is -0.919. The zero-order valence-electron chi connectivity index (χ0n) is 12.0. The molecule has 1 rings (SSSR count). The zero-order chi connectivity index (χ0) is 15.8. The van der Waals surface area contributed by atoms with E-state index in [9.17, 15) is 9.59 Å². The summed E-state index contributed by atoms with van der Waals surface area (Å²) in [6.45, 7) is 1.96. The van der Waals surface area contributed by atoms with Crippen LogP contribution in [0, 0.1) is 5.92 Å². The molecule has 0 fully saturated rings. The fourth-order valence-corrected chi connectivity index (χ4v) is 1.99. The lowest BCUT2D eigenvalue weighted by atomic mass is 10.0. The van der Waals surface area contributed by atoms with Crippen molar-refractivity contribution in [2.45, 2.75) is 19.8 Å². The standard InChI is InChI=1S/C14H19ClN2O4/c1-3-4-9(13(18)19)8-16-14(20)17-11-7-10(15)5-6-12(11)21-2/h5-7,9H,3-4,8H2,1-2H3,(H,18,19)(H2,16,17,20). The van der Waals surface area contributed by atoms with Crippen LogP contribution in [0.3, 0.4) is 0 Å². The van der Waals surface area contributed by atoms with Gasteiger partial charge in [-0.1, -0.05) is 24.9 Å². The predicted molar refractivity (Wildman–Crippen MR) is 81.1 cm³/mol. The highest BCUT2D eigenvalue weighted by atomic mass is 35.5. The minimum Gasteiger partial charge on any atom is -0.495 e. The van der Waals surface area contributed by atoms with Crippen LogP contribution in [-0.2, 0) is 4.79 Å². The van der Waals surface area contributed by atoms with E-state index in [-0.39, 0.29) is 6.54 Å². The molecule has 6 nitrogen and oxygen atoms in total. The minimum absolute atomic E-state index is 0.0673. The van der Waals surface area contributed by atoms with Crippen molar-refractivity contribution in [1.29, 1.82) is 0 Å². The van der Waals surface area contributed by atoms with E-state index in [2.05, 4.69) is 10.6 Å². The number of aliphatic carboxylic acids is 1. The number of benzene rings is 1. The molecule has 2 amide bonds. The number of nitrogens with one attached hydrogen (secondary N) is 2. The predicted octanol–water partition coefficient (Wildman–Crippen LogP) is 2.97. The Kier molecular flexibility index (Phi) is 6.81. The van der Waals surface area contributed by atoms with Crippen LogP contribution in [0.25, 0.3) is 0 Å². The molecule has 1 atom stereocenters. The Hall–Kier alpha value is -1.95. The number of carbonyl (C=O) groups excluding carboxylic acids is 1. The first-order valence-electron chi connectivity index (χ1n) is 6.59. The van der Waals surface area contributed by atoms with Gasteiger partial charge in [0.05, 0.1) is 18.7 Å². The number of methoxy groups -OCH3 is 1. The molecule has 0 saturated carbocycles. The van der Waals surface area contributed by atoms with E-state index in [1.54, 1.807) is 18.2 Å². The molecule has 116 valence electrons. The second-order valence-corrected chi connectivity index (χ2v) is 4.94. The van der Waals surface area contributed by atoms with Crippen molar-refractivity contribution in [2.24, 2.45) is 5.92 Å². The van der Waals surface area contributed by atoms with Gasteiger partial charge in [0.2, 0.25) is 0 Å². The highest BCUT2D eigenvalue weighted by molar-refractivity contribution is 6.31. The Morgan fingerprint density at radius 3 is 2.71 bits per heavy atom. The van der Waals surface area contributed by atoms with Gasteiger partial charge in [-0.2, -0.15) is 0 Å². The Morgan fingerprint density at radius 2 is 2.14 bits per heavy atom. The summed E-state index contributed by atoms with van der Waals surface area (Å²) >= 11 is 5.86. The third-order valence-corrected chi connectivity index (χ3v) is 3.14. The molecular formula is C14H19ClN2O4. The molecule has 1 aromatic carbocycles. The molecular weight excluding hydrogens is 296 g/mol. The van der Waals surface area contributed by atoms with Crippen LogP contribution in [0.4, 0.5) is 10.5 Å². The van der Waals surface area contributed by atoms with Crippen molar-refractivity contribution >= 4 is 29.3 Å². The fourth-order valence-electron chi connectivity index (χ4n) is 1.82. The van der Waals surface area contributed by atoms with Crippen LogP contribution in [0.5, 0.6) is 5.75 Å².